The van der Waals surface area contributed by atoms with Crippen molar-refractivity contribution in [3.05, 3.63) is 0 Å². The van der Waals surface area contributed by atoms with Crippen molar-refractivity contribution in [1.29, 1.82) is 0 Å². The molecule has 0 rings (SSSR count). The molecule has 0 aromatic heterocycles. The lowest BCUT2D eigenvalue weighted by atomic mass is 9.99. The standard InChI is InChI=1S/C9H16O2S/c1-6(2)4-5-8(10)7(3)9(11)12/h6-7H,4-5H2,1-3H3,(H,11,12). The zero-order valence-electron chi connectivity index (χ0n) is 7.83. The average molecular weight is 188 g/mol. The number of hydrogen-bond acceptors (Lipinski definition) is 2. The lowest BCUT2D eigenvalue weighted by molar-refractivity contribution is -0.128. The van der Waals surface area contributed by atoms with Gasteiger partial charge in [0.05, 0.1) is 5.92 Å². The van der Waals surface area contributed by atoms with Crippen LogP contribution < -0.4 is 0 Å². The molecule has 12 heavy (non-hydrogen) atoms. The van der Waals surface area contributed by atoms with Crippen molar-refractivity contribution in [2.24, 2.45) is 11.8 Å². The Balaban J connectivity index is 3.80. The Morgan fingerprint density at radius 2 is 1.75 bits per heavy atom. The molecule has 0 aliphatic heterocycles. The minimum Gasteiger partial charge on any atom is -0.299 e. The van der Waals surface area contributed by atoms with Gasteiger partial charge >= 0.3 is 0 Å². The van der Waals surface area contributed by atoms with E-state index < -0.39 is 5.92 Å². The van der Waals surface area contributed by atoms with Gasteiger partial charge in [0.25, 0.3) is 0 Å². The topological polar surface area (TPSA) is 34.1 Å². The first-order valence-corrected chi connectivity index (χ1v) is 4.65. The average Bonchev–Trinajstić information content (AvgIpc) is 1.98. The number of rotatable bonds is 5. The maximum Gasteiger partial charge on any atom is 0.196 e. The number of hydrogen-bond donors (Lipinski definition) is 1. The summed E-state index contributed by atoms with van der Waals surface area (Å²) in [7, 11) is 0. The zero-order chi connectivity index (χ0) is 9.72. The van der Waals surface area contributed by atoms with E-state index in [1.165, 1.54) is 0 Å². The summed E-state index contributed by atoms with van der Waals surface area (Å²) in [5, 5.41) is -0.330. The van der Waals surface area contributed by atoms with E-state index in [0.29, 0.717) is 12.3 Å². The molecule has 2 nitrogen and oxygen atoms in total. The summed E-state index contributed by atoms with van der Waals surface area (Å²) in [6.07, 6.45) is 1.34. The van der Waals surface area contributed by atoms with Gasteiger partial charge in [-0.15, -0.1) is 12.6 Å². The van der Waals surface area contributed by atoms with Crippen molar-refractivity contribution < 1.29 is 9.59 Å². The number of Topliss-reactive ketones (excluding diaryl/α,β-unsaturated/α-hetero) is 1. The molecule has 0 fully saturated rings. The number of thiol groups is 1. The maximum absolute atomic E-state index is 11.2. The SMILES string of the molecule is CC(C)CCC(=O)C(C)C(=O)S. The van der Waals surface area contributed by atoms with Gasteiger partial charge in [0, 0.05) is 6.42 Å². The predicted octanol–water partition coefficient (Wildman–Crippen LogP) is 2.08. The van der Waals surface area contributed by atoms with Gasteiger partial charge in [-0.2, -0.15) is 0 Å². The molecule has 0 bridgehead atoms. The highest BCUT2D eigenvalue weighted by Crippen LogP contribution is 2.10. The Kier molecular flexibility index (Phi) is 5.22. The van der Waals surface area contributed by atoms with Gasteiger partial charge in [0.1, 0.15) is 5.78 Å². The molecular weight excluding hydrogens is 172 g/mol. The van der Waals surface area contributed by atoms with Crippen LogP contribution in [0, 0.1) is 11.8 Å². The van der Waals surface area contributed by atoms with Crippen LogP contribution in [0.2, 0.25) is 0 Å². The predicted molar refractivity (Wildman–Crippen MR) is 52.2 cm³/mol. The molecule has 0 saturated carbocycles. The molecule has 0 N–H and O–H groups in total. The van der Waals surface area contributed by atoms with Crippen molar-refractivity contribution >= 4 is 23.5 Å². The van der Waals surface area contributed by atoms with Crippen molar-refractivity contribution in [2.75, 3.05) is 0 Å². The first kappa shape index (κ1) is 11.7. The van der Waals surface area contributed by atoms with Crippen LogP contribution in [0.3, 0.4) is 0 Å². The summed E-state index contributed by atoms with van der Waals surface area (Å²) < 4.78 is 0. The minimum atomic E-state index is -0.535. The molecule has 3 heteroatoms. The van der Waals surface area contributed by atoms with Crippen LogP contribution in [0.15, 0.2) is 0 Å². The highest BCUT2D eigenvalue weighted by Gasteiger charge is 2.17. The molecular formula is C9H16O2S. The smallest absolute Gasteiger partial charge is 0.196 e. The largest absolute Gasteiger partial charge is 0.299 e. The second-order valence-electron chi connectivity index (χ2n) is 3.46. The van der Waals surface area contributed by atoms with Crippen LogP contribution >= 0.6 is 12.6 Å². The fourth-order valence-corrected chi connectivity index (χ4v) is 0.929. The van der Waals surface area contributed by atoms with Crippen LogP contribution in [-0.2, 0) is 9.59 Å². The molecule has 1 unspecified atom stereocenters. The van der Waals surface area contributed by atoms with Crippen molar-refractivity contribution in [2.45, 2.75) is 33.6 Å². The van der Waals surface area contributed by atoms with E-state index in [2.05, 4.69) is 26.5 Å². The Morgan fingerprint density at radius 3 is 2.08 bits per heavy atom. The monoisotopic (exact) mass is 188 g/mol. The number of ketones is 1. The van der Waals surface area contributed by atoms with E-state index >= 15 is 0 Å². The van der Waals surface area contributed by atoms with E-state index in [0.717, 1.165) is 6.42 Å². The molecule has 0 aromatic carbocycles. The molecule has 1 atom stereocenters. The molecule has 0 amide bonds. The molecule has 0 aromatic rings. The van der Waals surface area contributed by atoms with Crippen LogP contribution in [0.1, 0.15) is 33.6 Å². The maximum atomic E-state index is 11.2. The van der Waals surface area contributed by atoms with Gasteiger partial charge in [-0.05, 0) is 19.3 Å². The first-order valence-electron chi connectivity index (χ1n) is 4.20. The van der Waals surface area contributed by atoms with Gasteiger partial charge in [0.15, 0.2) is 5.12 Å². The number of carbonyl (C=O) groups excluding carboxylic acids is 2. The summed E-state index contributed by atoms with van der Waals surface area (Å²) in [6, 6.07) is 0. The summed E-state index contributed by atoms with van der Waals surface area (Å²) in [5.41, 5.74) is 0. The van der Waals surface area contributed by atoms with Gasteiger partial charge < -0.3 is 0 Å². The summed E-state index contributed by atoms with van der Waals surface area (Å²) in [6.45, 7) is 5.72. The lowest BCUT2D eigenvalue weighted by Crippen LogP contribution is -2.17. The van der Waals surface area contributed by atoms with Crippen molar-refractivity contribution in [3.8, 4) is 0 Å². The van der Waals surface area contributed by atoms with E-state index in [4.69, 9.17) is 0 Å². The fourth-order valence-electron chi connectivity index (χ4n) is 0.785. The Bertz CT molecular complexity index is 175. The highest BCUT2D eigenvalue weighted by molar-refractivity contribution is 7.96. The second-order valence-corrected chi connectivity index (χ2v) is 3.90. The Morgan fingerprint density at radius 1 is 1.25 bits per heavy atom. The molecule has 0 saturated heterocycles. The van der Waals surface area contributed by atoms with Crippen molar-refractivity contribution in [1.82, 2.24) is 0 Å². The zero-order valence-corrected chi connectivity index (χ0v) is 8.73. The molecule has 0 spiro atoms. The molecule has 70 valence electrons. The Hall–Kier alpha value is -0.310. The van der Waals surface area contributed by atoms with Gasteiger partial charge in [-0.3, -0.25) is 9.59 Å². The van der Waals surface area contributed by atoms with Crippen molar-refractivity contribution in [3.63, 3.8) is 0 Å². The minimum absolute atomic E-state index is 0.00343. The summed E-state index contributed by atoms with van der Waals surface area (Å²) in [4.78, 5) is 21.9. The molecule has 0 aliphatic carbocycles. The third-order valence-electron chi connectivity index (χ3n) is 1.82. The van der Waals surface area contributed by atoms with Crippen LogP contribution in [0.25, 0.3) is 0 Å². The van der Waals surface area contributed by atoms with Crippen LogP contribution in [0.4, 0.5) is 0 Å². The first-order chi connectivity index (χ1) is 5.45. The Labute approximate surface area is 79.1 Å². The molecule has 0 radical (unpaired) electrons. The highest BCUT2D eigenvalue weighted by atomic mass is 32.1. The summed E-state index contributed by atoms with van der Waals surface area (Å²) >= 11 is 3.62. The van der Waals surface area contributed by atoms with Crippen LogP contribution in [0.5, 0.6) is 0 Å². The van der Waals surface area contributed by atoms with Gasteiger partial charge in [-0.1, -0.05) is 13.8 Å². The fraction of sp³-hybridized carbons (Fsp3) is 0.778. The number of carbonyl (C=O) groups is 2. The third-order valence-corrected chi connectivity index (χ3v) is 2.21. The molecule has 0 aliphatic rings. The quantitative estimate of drug-likeness (QED) is 0.529. The van der Waals surface area contributed by atoms with Gasteiger partial charge in [0.2, 0.25) is 0 Å². The van der Waals surface area contributed by atoms with E-state index in [1.54, 1.807) is 6.92 Å². The van der Waals surface area contributed by atoms with Gasteiger partial charge in [-0.25, -0.2) is 0 Å². The lowest BCUT2D eigenvalue weighted by Gasteiger charge is -2.06. The molecule has 0 heterocycles. The summed E-state index contributed by atoms with van der Waals surface area (Å²) in [5.74, 6) is -0.0213. The van der Waals surface area contributed by atoms with Crippen LogP contribution in [-0.4, -0.2) is 10.9 Å². The van der Waals surface area contributed by atoms with E-state index in [1.807, 2.05) is 0 Å². The van der Waals surface area contributed by atoms with E-state index in [-0.39, 0.29) is 10.9 Å². The normalized spacial score (nSPS) is 13.1. The third kappa shape index (κ3) is 4.54. The second kappa shape index (κ2) is 5.36. The van der Waals surface area contributed by atoms with E-state index in [9.17, 15) is 9.59 Å².